The van der Waals surface area contributed by atoms with Gasteiger partial charge in [0.15, 0.2) is 4.96 Å². The van der Waals surface area contributed by atoms with Crippen LogP contribution in [0.2, 0.25) is 0 Å². The first-order valence-corrected chi connectivity index (χ1v) is 7.75. The molecule has 0 aliphatic heterocycles. The first kappa shape index (κ1) is 16.2. The van der Waals surface area contributed by atoms with Gasteiger partial charge in [0.1, 0.15) is 5.69 Å². The van der Waals surface area contributed by atoms with E-state index in [1.165, 1.54) is 15.7 Å². The summed E-state index contributed by atoms with van der Waals surface area (Å²) in [5, 5.41) is 4.38. The first-order chi connectivity index (χ1) is 10.4. The Balaban J connectivity index is 2.17. The summed E-state index contributed by atoms with van der Waals surface area (Å²) >= 11 is 1.37. The van der Waals surface area contributed by atoms with E-state index in [1.54, 1.807) is 20.8 Å². The van der Waals surface area contributed by atoms with Gasteiger partial charge < -0.3 is 10.1 Å². The number of hydrogen-bond donors (Lipinski definition) is 1. The molecule has 1 N–H and O–H groups in total. The maximum atomic E-state index is 12.4. The molecule has 118 valence electrons. The lowest BCUT2D eigenvalue weighted by Crippen LogP contribution is -2.25. The molecule has 0 fully saturated rings. The van der Waals surface area contributed by atoms with Gasteiger partial charge in [-0.2, -0.15) is 0 Å². The van der Waals surface area contributed by atoms with Gasteiger partial charge in [-0.3, -0.25) is 18.8 Å². The van der Waals surface area contributed by atoms with Crippen LogP contribution in [0.4, 0.5) is 5.69 Å². The third-order valence-electron chi connectivity index (χ3n) is 3.05. The van der Waals surface area contributed by atoms with Crippen LogP contribution in [0.5, 0.6) is 0 Å². The highest BCUT2D eigenvalue weighted by Crippen LogP contribution is 2.16. The molecule has 0 spiro atoms. The van der Waals surface area contributed by atoms with E-state index in [2.05, 4.69) is 10.3 Å². The van der Waals surface area contributed by atoms with E-state index in [0.29, 0.717) is 10.7 Å². The van der Waals surface area contributed by atoms with Gasteiger partial charge >= 0.3 is 5.97 Å². The van der Waals surface area contributed by atoms with Crippen molar-refractivity contribution in [1.29, 1.82) is 0 Å². The highest BCUT2D eigenvalue weighted by molar-refractivity contribution is 7.15. The highest BCUT2D eigenvalue weighted by Gasteiger charge is 2.15. The quantitative estimate of drug-likeness (QED) is 0.845. The molecule has 1 amide bonds. The molecule has 2 rings (SSSR count). The maximum Gasteiger partial charge on any atom is 0.306 e. The van der Waals surface area contributed by atoms with Gasteiger partial charge in [0.2, 0.25) is 5.91 Å². The van der Waals surface area contributed by atoms with Crippen molar-refractivity contribution in [1.82, 2.24) is 9.38 Å². The van der Waals surface area contributed by atoms with Crippen LogP contribution in [0.25, 0.3) is 4.96 Å². The summed E-state index contributed by atoms with van der Waals surface area (Å²) in [4.78, 5) is 40.5. The summed E-state index contributed by atoms with van der Waals surface area (Å²) in [6.45, 7) is 5.44. The molecule has 2 aromatic rings. The molecule has 0 aliphatic rings. The number of aryl methyl sites for hydroxylation is 2. The molecule has 2 heterocycles. The molecule has 8 heteroatoms. The monoisotopic (exact) mass is 323 g/mol. The summed E-state index contributed by atoms with van der Waals surface area (Å²) < 4.78 is 6.21. The van der Waals surface area contributed by atoms with E-state index in [4.69, 9.17) is 4.74 Å². The number of nitrogens with one attached hydrogen (secondary N) is 1. The smallest absolute Gasteiger partial charge is 0.306 e. The topological polar surface area (TPSA) is 89.8 Å². The molecule has 7 nitrogen and oxygen atoms in total. The molecular weight excluding hydrogens is 306 g/mol. The number of nitrogens with zero attached hydrogens (tertiary/aromatic N) is 2. The zero-order valence-corrected chi connectivity index (χ0v) is 13.5. The Hall–Kier alpha value is -2.22. The van der Waals surface area contributed by atoms with E-state index >= 15 is 0 Å². The molecule has 0 saturated carbocycles. The fourth-order valence-electron chi connectivity index (χ4n) is 1.98. The van der Waals surface area contributed by atoms with Crippen molar-refractivity contribution in [3.8, 4) is 0 Å². The Kier molecular flexibility index (Phi) is 4.92. The van der Waals surface area contributed by atoms with Crippen molar-refractivity contribution in [2.24, 2.45) is 0 Å². The van der Waals surface area contributed by atoms with Gasteiger partial charge in [-0.1, -0.05) is 0 Å². The molecule has 0 atom stereocenters. The maximum absolute atomic E-state index is 12.4. The molecule has 0 aliphatic carbocycles. The Morgan fingerprint density at radius 3 is 2.77 bits per heavy atom. The van der Waals surface area contributed by atoms with Crippen LogP contribution >= 0.6 is 11.3 Å². The number of esters is 1. The van der Waals surface area contributed by atoms with E-state index in [1.807, 2.05) is 5.38 Å². The Labute approximate surface area is 130 Å². The summed E-state index contributed by atoms with van der Waals surface area (Å²) in [5.41, 5.74) is 1.05. The summed E-state index contributed by atoms with van der Waals surface area (Å²) in [7, 11) is 0. The zero-order chi connectivity index (χ0) is 16.3. The Morgan fingerprint density at radius 1 is 1.36 bits per heavy atom. The number of aromatic nitrogens is 2. The van der Waals surface area contributed by atoms with Crippen LogP contribution < -0.4 is 10.9 Å². The van der Waals surface area contributed by atoms with E-state index in [0.717, 1.165) is 5.69 Å². The number of carbonyl (C=O) groups excluding carboxylic acids is 2. The van der Waals surface area contributed by atoms with Gasteiger partial charge in [0.05, 0.1) is 18.7 Å². The number of hydrogen-bond acceptors (Lipinski definition) is 6. The fourth-order valence-corrected chi connectivity index (χ4v) is 2.88. The highest BCUT2D eigenvalue weighted by atomic mass is 32.1. The lowest BCUT2D eigenvalue weighted by atomic mass is 10.2. The number of rotatable bonds is 5. The second kappa shape index (κ2) is 6.69. The molecule has 0 saturated heterocycles. The average molecular weight is 323 g/mol. The van der Waals surface area contributed by atoms with Gasteiger partial charge in [-0.15, -0.1) is 11.3 Å². The molecule has 0 aromatic carbocycles. The van der Waals surface area contributed by atoms with Crippen LogP contribution in [-0.4, -0.2) is 27.9 Å². The average Bonchev–Trinajstić information content (AvgIpc) is 2.82. The minimum absolute atomic E-state index is 0.0206. The lowest BCUT2D eigenvalue weighted by molar-refractivity contribution is -0.144. The van der Waals surface area contributed by atoms with Crippen LogP contribution in [0, 0.1) is 13.8 Å². The molecule has 0 bridgehead atoms. The standard InChI is InChI=1S/C14H17N3O4S/c1-4-21-11(19)6-5-10(18)16-12-9(3)15-14-17(13(12)20)8(2)7-22-14/h7H,4-6H2,1-3H3,(H,16,18). The predicted octanol–water partition coefficient (Wildman–Crippen LogP) is 1.65. The third-order valence-corrected chi connectivity index (χ3v) is 3.99. The Bertz CT molecular complexity index is 778. The van der Waals surface area contributed by atoms with Gasteiger partial charge in [-0.05, 0) is 20.8 Å². The summed E-state index contributed by atoms with van der Waals surface area (Å²) in [6.07, 6.45) is -0.0593. The minimum atomic E-state index is -0.437. The van der Waals surface area contributed by atoms with Crippen LogP contribution in [0.15, 0.2) is 10.2 Å². The second-order valence-corrected chi connectivity index (χ2v) is 5.56. The Morgan fingerprint density at radius 2 is 2.09 bits per heavy atom. The number of thiazole rings is 1. The molecule has 2 aromatic heterocycles. The van der Waals surface area contributed by atoms with Crippen molar-refractivity contribution in [2.45, 2.75) is 33.6 Å². The normalized spacial score (nSPS) is 10.7. The van der Waals surface area contributed by atoms with Crippen molar-refractivity contribution >= 4 is 33.9 Å². The number of anilines is 1. The van der Waals surface area contributed by atoms with E-state index in [9.17, 15) is 14.4 Å². The number of fused-ring (bicyclic) bond motifs is 1. The third kappa shape index (κ3) is 3.33. The van der Waals surface area contributed by atoms with Gasteiger partial charge in [0.25, 0.3) is 5.56 Å². The number of carbonyl (C=O) groups is 2. The first-order valence-electron chi connectivity index (χ1n) is 6.87. The van der Waals surface area contributed by atoms with Gasteiger partial charge in [-0.25, -0.2) is 4.98 Å². The van der Waals surface area contributed by atoms with Crippen LogP contribution in [0.3, 0.4) is 0 Å². The predicted molar refractivity (Wildman–Crippen MR) is 83.3 cm³/mol. The van der Waals surface area contributed by atoms with Crippen molar-refractivity contribution in [3.05, 3.63) is 27.1 Å². The molecular formula is C14H17N3O4S. The van der Waals surface area contributed by atoms with Crippen LogP contribution in [-0.2, 0) is 14.3 Å². The van der Waals surface area contributed by atoms with Gasteiger partial charge in [0, 0.05) is 17.5 Å². The summed E-state index contributed by atoms with van der Waals surface area (Å²) in [6, 6.07) is 0. The number of amides is 1. The lowest BCUT2D eigenvalue weighted by Gasteiger charge is -2.08. The molecule has 22 heavy (non-hydrogen) atoms. The fraction of sp³-hybridized carbons (Fsp3) is 0.429. The van der Waals surface area contributed by atoms with E-state index < -0.39 is 11.9 Å². The largest absolute Gasteiger partial charge is 0.466 e. The molecule has 0 radical (unpaired) electrons. The second-order valence-electron chi connectivity index (χ2n) is 4.73. The van der Waals surface area contributed by atoms with Crippen LogP contribution in [0.1, 0.15) is 31.2 Å². The van der Waals surface area contributed by atoms with Crippen molar-refractivity contribution in [2.75, 3.05) is 11.9 Å². The SMILES string of the molecule is CCOC(=O)CCC(=O)Nc1c(C)nc2scc(C)n2c1=O. The molecule has 0 unspecified atom stereocenters. The van der Waals surface area contributed by atoms with E-state index in [-0.39, 0.29) is 30.7 Å². The summed E-state index contributed by atoms with van der Waals surface area (Å²) in [5.74, 6) is -0.851. The van der Waals surface area contributed by atoms with Crippen molar-refractivity contribution < 1.29 is 14.3 Å². The minimum Gasteiger partial charge on any atom is -0.466 e. The zero-order valence-electron chi connectivity index (χ0n) is 12.6. The number of ether oxygens (including phenoxy) is 1. The van der Waals surface area contributed by atoms with Crippen molar-refractivity contribution in [3.63, 3.8) is 0 Å².